The summed E-state index contributed by atoms with van der Waals surface area (Å²) in [4.78, 5) is 22.1. The maximum atomic E-state index is 13.5. The van der Waals surface area contributed by atoms with Crippen molar-refractivity contribution in [3.63, 3.8) is 0 Å². The molecule has 1 saturated heterocycles. The Bertz CT molecular complexity index is 863. The number of aromatic nitrogens is 1. The quantitative estimate of drug-likeness (QED) is 0.757. The molecule has 1 aromatic heterocycles. The molecule has 0 bridgehead atoms. The number of likely N-dealkylation sites (tertiary alicyclic amines) is 1. The zero-order chi connectivity index (χ0) is 20.9. The molecule has 1 amide bonds. The Morgan fingerprint density at radius 1 is 1.07 bits per heavy atom. The van der Waals surface area contributed by atoms with E-state index in [1.54, 1.807) is 20.4 Å². The fraction of sp³-hybridized carbons (Fsp3) is 0.500. The number of carbonyl (C=O) groups is 1. The van der Waals surface area contributed by atoms with E-state index in [-0.39, 0.29) is 11.9 Å². The molecule has 3 heterocycles. The maximum Gasteiger partial charge on any atom is 0.237 e. The zero-order valence-electron chi connectivity index (χ0n) is 18.0. The molecule has 0 N–H and O–H groups in total. The predicted octanol–water partition coefficient (Wildman–Crippen LogP) is 3.45. The third-order valence-corrected chi connectivity index (χ3v) is 6.25. The van der Waals surface area contributed by atoms with Crippen molar-refractivity contribution in [2.45, 2.75) is 38.1 Å². The molecule has 1 unspecified atom stereocenters. The third kappa shape index (κ3) is 4.29. The first-order valence-corrected chi connectivity index (χ1v) is 10.9. The summed E-state index contributed by atoms with van der Waals surface area (Å²) < 4.78 is 11.1. The summed E-state index contributed by atoms with van der Waals surface area (Å²) in [5, 5.41) is 0. The van der Waals surface area contributed by atoms with E-state index in [0.29, 0.717) is 18.8 Å². The van der Waals surface area contributed by atoms with Gasteiger partial charge in [-0.2, -0.15) is 0 Å². The highest BCUT2D eigenvalue weighted by Crippen LogP contribution is 2.40. The molecular formula is C24H31N3O3. The lowest BCUT2D eigenvalue weighted by Gasteiger charge is -2.39. The molecule has 2 aromatic rings. The topological polar surface area (TPSA) is 54.9 Å². The number of hydrogen-bond donors (Lipinski definition) is 0. The summed E-state index contributed by atoms with van der Waals surface area (Å²) in [5.41, 5.74) is 3.31. The summed E-state index contributed by atoms with van der Waals surface area (Å²) in [6, 6.07) is 7.89. The van der Waals surface area contributed by atoms with Crippen LogP contribution >= 0.6 is 0 Å². The van der Waals surface area contributed by atoms with Crippen LogP contribution in [-0.2, 0) is 11.2 Å². The predicted molar refractivity (Wildman–Crippen MR) is 116 cm³/mol. The smallest absolute Gasteiger partial charge is 0.237 e. The molecule has 1 aromatic carbocycles. The van der Waals surface area contributed by atoms with Crippen LogP contribution in [0, 0.1) is 0 Å². The SMILES string of the molecule is COc1cc2c(cc1OC)C(c1cccnc1)N(C(=O)CN1CCCCCC1)CC2. The number of amides is 1. The molecule has 0 spiro atoms. The lowest BCUT2D eigenvalue weighted by Crippen LogP contribution is -2.45. The van der Waals surface area contributed by atoms with Crippen LogP contribution in [0.1, 0.15) is 48.4 Å². The van der Waals surface area contributed by atoms with Crippen LogP contribution in [-0.4, -0.2) is 61.1 Å². The van der Waals surface area contributed by atoms with Crippen molar-refractivity contribution >= 4 is 5.91 Å². The zero-order valence-corrected chi connectivity index (χ0v) is 18.0. The Kier molecular flexibility index (Phi) is 6.53. The molecule has 1 atom stereocenters. The van der Waals surface area contributed by atoms with Gasteiger partial charge in [0.25, 0.3) is 0 Å². The number of benzene rings is 1. The summed E-state index contributed by atoms with van der Waals surface area (Å²) in [6.45, 7) is 3.20. The standard InChI is InChI=1S/C24H31N3O3/c1-29-21-14-18-9-13-27(23(28)17-26-11-5-3-4-6-12-26)24(19-8-7-10-25-16-19)20(18)15-22(21)30-2/h7-8,10,14-16,24H,3-6,9,11-13,17H2,1-2H3. The first-order chi connectivity index (χ1) is 14.7. The molecule has 160 valence electrons. The minimum absolute atomic E-state index is 0.165. The van der Waals surface area contributed by atoms with Crippen molar-refractivity contribution in [1.82, 2.24) is 14.8 Å². The van der Waals surface area contributed by atoms with Crippen LogP contribution in [0.15, 0.2) is 36.7 Å². The van der Waals surface area contributed by atoms with Crippen LogP contribution in [0.4, 0.5) is 0 Å². The lowest BCUT2D eigenvalue weighted by atomic mass is 9.88. The molecule has 30 heavy (non-hydrogen) atoms. The number of fused-ring (bicyclic) bond motifs is 1. The minimum Gasteiger partial charge on any atom is -0.493 e. The van der Waals surface area contributed by atoms with Gasteiger partial charge in [-0.1, -0.05) is 18.9 Å². The number of methoxy groups -OCH3 is 2. The van der Waals surface area contributed by atoms with E-state index >= 15 is 0 Å². The van der Waals surface area contributed by atoms with Gasteiger partial charge in [0, 0.05) is 18.9 Å². The summed E-state index contributed by atoms with van der Waals surface area (Å²) in [5.74, 6) is 1.60. The van der Waals surface area contributed by atoms with Crippen molar-refractivity contribution in [3.05, 3.63) is 53.3 Å². The van der Waals surface area contributed by atoms with Crippen molar-refractivity contribution in [2.24, 2.45) is 0 Å². The second-order valence-corrected chi connectivity index (χ2v) is 8.12. The van der Waals surface area contributed by atoms with Crippen LogP contribution in [0.5, 0.6) is 11.5 Å². The number of pyridine rings is 1. The highest BCUT2D eigenvalue weighted by Gasteiger charge is 2.34. The van der Waals surface area contributed by atoms with Gasteiger partial charge in [0.2, 0.25) is 5.91 Å². The van der Waals surface area contributed by atoms with E-state index in [2.05, 4.69) is 16.0 Å². The average molecular weight is 410 g/mol. The van der Waals surface area contributed by atoms with E-state index in [0.717, 1.165) is 36.4 Å². The minimum atomic E-state index is -0.165. The van der Waals surface area contributed by atoms with Gasteiger partial charge in [-0.25, -0.2) is 0 Å². The molecule has 2 aliphatic rings. The molecule has 1 fully saturated rings. The third-order valence-electron chi connectivity index (χ3n) is 6.25. The first kappa shape index (κ1) is 20.7. The van der Waals surface area contributed by atoms with Gasteiger partial charge < -0.3 is 14.4 Å². The summed E-state index contributed by atoms with van der Waals surface area (Å²) >= 11 is 0. The summed E-state index contributed by atoms with van der Waals surface area (Å²) in [6.07, 6.45) is 9.33. The molecule has 2 aliphatic heterocycles. The number of hydrogen-bond acceptors (Lipinski definition) is 5. The molecule has 0 saturated carbocycles. The Morgan fingerprint density at radius 3 is 2.47 bits per heavy atom. The average Bonchev–Trinajstić information content (AvgIpc) is 3.06. The van der Waals surface area contributed by atoms with Crippen LogP contribution < -0.4 is 9.47 Å². The fourth-order valence-corrected chi connectivity index (χ4v) is 4.69. The highest BCUT2D eigenvalue weighted by atomic mass is 16.5. The van der Waals surface area contributed by atoms with Gasteiger partial charge in [0.1, 0.15) is 0 Å². The van der Waals surface area contributed by atoms with Gasteiger partial charge in [-0.05, 0) is 67.2 Å². The summed E-state index contributed by atoms with van der Waals surface area (Å²) in [7, 11) is 3.30. The Hall–Kier alpha value is -2.60. The maximum absolute atomic E-state index is 13.5. The largest absolute Gasteiger partial charge is 0.493 e. The second kappa shape index (κ2) is 9.47. The van der Waals surface area contributed by atoms with Crippen LogP contribution in [0.25, 0.3) is 0 Å². The normalized spacial score (nSPS) is 19.7. The van der Waals surface area contributed by atoms with Crippen LogP contribution in [0.3, 0.4) is 0 Å². The highest BCUT2D eigenvalue weighted by molar-refractivity contribution is 5.80. The Balaban J connectivity index is 1.68. The lowest BCUT2D eigenvalue weighted by molar-refractivity contribution is -0.134. The Morgan fingerprint density at radius 2 is 1.80 bits per heavy atom. The molecule has 0 radical (unpaired) electrons. The number of carbonyl (C=O) groups excluding carboxylic acids is 1. The van der Waals surface area contributed by atoms with Gasteiger partial charge in [0.05, 0.1) is 26.8 Å². The first-order valence-electron chi connectivity index (χ1n) is 10.9. The molecule has 6 heteroatoms. The Labute approximate surface area is 178 Å². The van der Waals surface area contributed by atoms with E-state index < -0.39 is 0 Å². The molecule has 6 nitrogen and oxygen atoms in total. The van der Waals surface area contributed by atoms with Crippen molar-refractivity contribution in [3.8, 4) is 11.5 Å². The molecule has 0 aliphatic carbocycles. The van der Waals surface area contributed by atoms with Gasteiger partial charge >= 0.3 is 0 Å². The van der Waals surface area contributed by atoms with Crippen molar-refractivity contribution in [2.75, 3.05) is 40.4 Å². The van der Waals surface area contributed by atoms with Crippen LogP contribution in [0.2, 0.25) is 0 Å². The van der Waals surface area contributed by atoms with E-state index in [1.165, 1.54) is 31.2 Å². The van der Waals surface area contributed by atoms with Crippen molar-refractivity contribution < 1.29 is 14.3 Å². The fourth-order valence-electron chi connectivity index (χ4n) is 4.69. The van der Waals surface area contributed by atoms with E-state index in [4.69, 9.17) is 9.47 Å². The number of nitrogens with zero attached hydrogens (tertiary/aromatic N) is 3. The van der Waals surface area contributed by atoms with Gasteiger partial charge in [0.15, 0.2) is 11.5 Å². The number of ether oxygens (including phenoxy) is 2. The molecule has 4 rings (SSSR count). The number of rotatable bonds is 5. The monoisotopic (exact) mass is 409 g/mol. The van der Waals surface area contributed by atoms with Crippen molar-refractivity contribution in [1.29, 1.82) is 0 Å². The van der Waals surface area contributed by atoms with E-state index in [1.807, 2.05) is 29.3 Å². The van der Waals surface area contributed by atoms with E-state index in [9.17, 15) is 4.79 Å². The van der Waals surface area contributed by atoms with Gasteiger partial charge in [-0.15, -0.1) is 0 Å². The second-order valence-electron chi connectivity index (χ2n) is 8.12. The molecular weight excluding hydrogens is 378 g/mol. The van der Waals surface area contributed by atoms with Gasteiger partial charge in [-0.3, -0.25) is 14.7 Å².